The number of fused-ring (bicyclic) bond motifs is 2. The number of halogens is 1. The van der Waals surface area contributed by atoms with E-state index in [2.05, 4.69) is 21.5 Å². The minimum Gasteiger partial charge on any atom is -0.510 e. The zero-order valence-corrected chi connectivity index (χ0v) is 19.1. The standard InChI is InChI=1S/C23H19ClN4O4S/c1-3-10-28-21(30)14-11-13(24)8-9-15(14)27-23(28)33-12-18(29)19(22(31)32-2)20-25-16-6-4-5-7-17(16)26-20/h3-9,11,29H,1,10,12H2,2H3,(H,25,26). The van der Waals surface area contributed by atoms with Crippen LogP contribution < -0.4 is 5.56 Å². The average Bonchev–Trinajstić information content (AvgIpc) is 3.23. The molecule has 4 rings (SSSR count). The Morgan fingerprint density at radius 2 is 2.06 bits per heavy atom. The highest BCUT2D eigenvalue weighted by Crippen LogP contribution is 2.26. The maximum Gasteiger partial charge on any atom is 0.345 e. The van der Waals surface area contributed by atoms with Crippen molar-refractivity contribution >= 4 is 56.8 Å². The number of aliphatic hydroxyl groups is 1. The van der Waals surface area contributed by atoms with Gasteiger partial charge in [-0.25, -0.2) is 14.8 Å². The maximum atomic E-state index is 13.0. The van der Waals surface area contributed by atoms with E-state index in [0.29, 0.717) is 32.1 Å². The number of methoxy groups -OCH3 is 1. The summed E-state index contributed by atoms with van der Waals surface area (Å²) in [6.45, 7) is 3.92. The summed E-state index contributed by atoms with van der Waals surface area (Å²) in [5.74, 6) is -0.867. The van der Waals surface area contributed by atoms with Crippen LogP contribution in [0.4, 0.5) is 0 Å². The van der Waals surface area contributed by atoms with Gasteiger partial charge in [0.25, 0.3) is 5.56 Å². The van der Waals surface area contributed by atoms with Crippen LogP contribution in [0.5, 0.6) is 0 Å². The van der Waals surface area contributed by atoms with Crippen LogP contribution in [0.2, 0.25) is 5.02 Å². The number of benzene rings is 2. The van der Waals surface area contributed by atoms with Gasteiger partial charge in [0.15, 0.2) is 5.16 Å². The van der Waals surface area contributed by atoms with E-state index in [-0.39, 0.29) is 35.0 Å². The number of nitrogens with zero attached hydrogens (tertiary/aromatic N) is 3. The molecule has 0 bridgehead atoms. The molecule has 2 heterocycles. The minimum atomic E-state index is -0.739. The second-order valence-electron chi connectivity index (χ2n) is 6.96. The Hall–Kier alpha value is -3.56. The molecule has 0 aliphatic heterocycles. The van der Waals surface area contributed by atoms with Crippen LogP contribution in [0.25, 0.3) is 27.5 Å². The molecule has 10 heteroatoms. The summed E-state index contributed by atoms with van der Waals surface area (Å²) in [5.41, 5.74) is 1.46. The first-order chi connectivity index (χ1) is 15.9. The van der Waals surface area contributed by atoms with Gasteiger partial charge in [0.2, 0.25) is 0 Å². The van der Waals surface area contributed by atoms with Gasteiger partial charge in [-0.3, -0.25) is 9.36 Å². The van der Waals surface area contributed by atoms with Crippen LogP contribution in [0.1, 0.15) is 5.82 Å². The van der Waals surface area contributed by atoms with E-state index in [1.54, 1.807) is 30.3 Å². The molecule has 0 amide bonds. The number of nitrogens with one attached hydrogen (secondary N) is 1. The second kappa shape index (κ2) is 9.51. The number of esters is 1. The number of allylic oxidation sites excluding steroid dienone is 1. The van der Waals surface area contributed by atoms with Gasteiger partial charge in [-0.15, -0.1) is 6.58 Å². The zero-order chi connectivity index (χ0) is 23.5. The number of aliphatic hydroxyl groups excluding tert-OH is 1. The molecule has 0 aliphatic rings. The zero-order valence-electron chi connectivity index (χ0n) is 17.5. The fraction of sp³-hybridized carbons (Fsp3) is 0.130. The second-order valence-corrected chi connectivity index (χ2v) is 8.34. The lowest BCUT2D eigenvalue weighted by molar-refractivity contribution is -0.133. The fourth-order valence-electron chi connectivity index (χ4n) is 3.30. The summed E-state index contributed by atoms with van der Waals surface area (Å²) >= 11 is 7.14. The van der Waals surface area contributed by atoms with E-state index in [1.165, 1.54) is 11.7 Å². The highest BCUT2D eigenvalue weighted by atomic mass is 35.5. The Bertz CT molecular complexity index is 1440. The van der Waals surface area contributed by atoms with E-state index in [9.17, 15) is 14.7 Å². The largest absolute Gasteiger partial charge is 0.510 e. The third-order valence-electron chi connectivity index (χ3n) is 4.84. The molecule has 8 nitrogen and oxygen atoms in total. The SMILES string of the molecule is C=CCn1c(SCC(O)=C(C(=O)OC)c2nc3ccccc3[nH]2)nc2ccc(Cl)cc2c1=O. The molecule has 33 heavy (non-hydrogen) atoms. The first kappa shape index (κ1) is 22.6. The molecular formula is C23H19ClN4O4S. The lowest BCUT2D eigenvalue weighted by Crippen LogP contribution is -2.23. The van der Waals surface area contributed by atoms with Crippen molar-refractivity contribution < 1.29 is 14.6 Å². The molecular weight excluding hydrogens is 464 g/mol. The van der Waals surface area contributed by atoms with E-state index < -0.39 is 5.97 Å². The predicted molar refractivity (Wildman–Crippen MR) is 130 cm³/mol. The van der Waals surface area contributed by atoms with Gasteiger partial charge in [0.05, 0.1) is 34.8 Å². The molecule has 0 atom stereocenters. The molecule has 0 spiro atoms. The Balaban J connectivity index is 1.74. The topological polar surface area (TPSA) is 110 Å². The number of H-pyrrole nitrogens is 1. The van der Waals surface area contributed by atoms with Gasteiger partial charge < -0.3 is 14.8 Å². The van der Waals surface area contributed by atoms with Crippen molar-refractivity contribution in [2.45, 2.75) is 11.7 Å². The van der Waals surface area contributed by atoms with Crippen LogP contribution in [-0.2, 0) is 16.1 Å². The number of aromatic nitrogens is 4. The molecule has 0 radical (unpaired) electrons. The number of rotatable bonds is 7. The van der Waals surface area contributed by atoms with E-state index in [0.717, 1.165) is 11.8 Å². The predicted octanol–water partition coefficient (Wildman–Crippen LogP) is 4.35. The van der Waals surface area contributed by atoms with Crippen molar-refractivity contribution in [3.05, 3.63) is 82.1 Å². The van der Waals surface area contributed by atoms with Gasteiger partial charge in [0, 0.05) is 11.6 Å². The van der Waals surface area contributed by atoms with Crippen molar-refractivity contribution in [1.82, 2.24) is 19.5 Å². The molecule has 168 valence electrons. The van der Waals surface area contributed by atoms with Crippen LogP contribution >= 0.6 is 23.4 Å². The molecule has 0 saturated carbocycles. The molecule has 2 aromatic heterocycles. The van der Waals surface area contributed by atoms with Crippen molar-refractivity contribution in [2.75, 3.05) is 12.9 Å². The molecule has 2 N–H and O–H groups in total. The summed E-state index contributed by atoms with van der Waals surface area (Å²) in [4.78, 5) is 37.4. The quantitative estimate of drug-likeness (QED) is 0.101. The number of carbonyl (C=O) groups excluding carboxylic acids is 1. The van der Waals surface area contributed by atoms with Crippen molar-refractivity contribution in [2.24, 2.45) is 0 Å². The third kappa shape index (κ3) is 4.50. The Kier molecular flexibility index (Phi) is 6.52. The molecule has 0 aliphatic carbocycles. The lowest BCUT2D eigenvalue weighted by Gasteiger charge is -2.12. The molecule has 0 unspecified atom stereocenters. The third-order valence-corrected chi connectivity index (χ3v) is 6.06. The maximum absolute atomic E-state index is 13.0. The molecule has 2 aromatic carbocycles. The van der Waals surface area contributed by atoms with Crippen molar-refractivity contribution in [1.29, 1.82) is 0 Å². The van der Waals surface area contributed by atoms with Gasteiger partial charge in [-0.2, -0.15) is 0 Å². The van der Waals surface area contributed by atoms with Gasteiger partial charge in [-0.1, -0.05) is 41.6 Å². The highest BCUT2D eigenvalue weighted by Gasteiger charge is 2.23. The summed E-state index contributed by atoms with van der Waals surface area (Å²) in [6.07, 6.45) is 1.58. The van der Waals surface area contributed by atoms with Gasteiger partial charge in [0.1, 0.15) is 17.2 Å². The van der Waals surface area contributed by atoms with Crippen LogP contribution in [0.3, 0.4) is 0 Å². The van der Waals surface area contributed by atoms with Crippen LogP contribution in [0.15, 0.2) is 70.8 Å². The van der Waals surface area contributed by atoms with Crippen LogP contribution in [-0.4, -0.2) is 43.5 Å². The number of aromatic amines is 1. The summed E-state index contributed by atoms with van der Waals surface area (Å²) in [6, 6.07) is 12.1. The number of hydrogen-bond acceptors (Lipinski definition) is 7. The summed E-state index contributed by atoms with van der Waals surface area (Å²) in [7, 11) is 1.23. The highest BCUT2D eigenvalue weighted by molar-refractivity contribution is 7.99. The molecule has 0 saturated heterocycles. The van der Waals surface area contributed by atoms with E-state index in [1.807, 2.05) is 18.2 Å². The van der Waals surface area contributed by atoms with Gasteiger partial charge >= 0.3 is 5.97 Å². The molecule has 0 fully saturated rings. The lowest BCUT2D eigenvalue weighted by atomic mass is 10.2. The Morgan fingerprint density at radius 3 is 2.79 bits per heavy atom. The van der Waals surface area contributed by atoms with Crippen LogP contribution in [0, 0.1) is 0 Å². The van der Waals surface area contributed by atoms with E-state index in [4.69, 9.17) is 16.3 Å². The first-order valence-electron chi connectivity index (χ1n) is 9.82. The Morgan fingerprint density at radius 1 is 1.27 bits per heavy atom. The summed E-state index contributed by atoms with van der Waals surface area (Å²) < 4.78 is 6.30. The van der Waals surface area contributed by atoms with Crippen molar-refractivity contribution in [3.8, 4) is 0 Å². The number of carbonyl (C=O) groups is 1. The smallest absolute Gasteiger partial charge is 0.345 e. The normalized spacial score (nSPS) is 12.1. The fourth-order valence-corrected chi connectivity index (χ4v) is 4.36. The number of ether oxygens (including phenoxy) is 1. The Labute approximate surface area is 197 Å². The van der Waals surface area contributed by atoms with E-state index >= 15 is 0 Å². The number of hydrogen-bond donors (Lipinski definition) is 2. The van der Waals surface area contributed by atoms with Gasteiger partial charge in [-0.05, 0) is 30.3 Å². The monoisotopic (exact) mass is 482 g/mol. The molecule has 4 aromatic rings. The minimum absolute atomic E-state index is 0.0514. The average molecular weight is 483 g/mol. The number of imidazole rings is 1. The summed E-state index contributed by atoms with van der Waals surface area (Å²) in [5, 5.41) is 12.0. The first-order valence-corrected chi connectivity index (χ1v) is 11.2. The van der Waals surface area contributed by atoms with Crippen molar-refractivity contribution in [3.63, 3.8) is 0 Å². The number of thioether (sulfide) groups is 1. The number of para-hydroxylation sites is 2.